The molecule has 0 spiro atoms. The molecule has 3 N–H and O–H groups in total. The second-order valence-corrected chi connectivity index (χ2v) is 26.1. The first kappa shape index (κ1) is 65.9. The van der Waals surface area contributed by atoms with Gasteiger partial charge in [0.15, 0.2) is 12.2 Å². The molecule has 2 saturated heterocycles. The summed E-state index contributed by atoms with van der Waals surface area (Å²) in [6.07, 6.45) is 13.1. The zero-order valence-corrected chi connectivity index (χ0v) is 54.0. The minimum atomic E-state index is -1.16. The first-order valence-corrected chi connectivity index (χ1v) is 31.4. The fourth-order valence-corrected chi connectivity index (χ4v) is 13.1. The number of likely N-dealkylation sites (tertiary alicyclic amines) is 1. The highest BCUT2D eigenvalue weighted by Crippen LogP contribution is 2.51. The molecule has 17 heteroatoms. The van der Waals surface area contributed by atoms with E-state index >= 15 is 0 Å². The molecular weight excluding hydrogens is 1120 g/mol. The maximum Gasteiger partial charge on any atom is 0.339 e. The van der Waals surface area contributed by atoms with Crippen molar-refractivity contribution in [2.24, 2.45) is 0 Å². The van der Waals surface area contributed by atoms with E-state index in [1.165, 1.54) is 58.7 Å². The first-order valence-electron chi connectivity index (χ1n) is 31.4. The van der Waals surface area contributed by atoms with Crippen molar-refractivity contribution in [2.45, 2.75) is 179 Å². The Morgan fingerprint density at radius 2 is 0.989 bits per heavy atom. The van der Waals surface area contributed by atoms with E-state index in [4.69, 9.17) is 24.2 Å². The largest absolute Gasteiger partial charge is 0.479 e. The molecule has 0 radical (unpaired) electrons. The topological polar surface area (TPSA) is 185 Å². The van der Waals surface area contributed by atoms with Crippen molar-refractivity contribution >= 4 is 57.0 Å². The molecule has 0 saturated carbocycles. The third kappa shape index (κ3) is 14.2. The number of aliphatic carboxylic acids is 1. The summed E-state index contributed by atoms with van der Waals surface area (Å²) in [5.74, 6) is -0.276. The van der Waals surface area contributed by atoms with E-state index in [-0.39, 0.29) is 14.0 Å². The number of piperidine rings is 2. The molecule has 4 aromatic heterocycles. The van der Waals surface area contributed by atoms with Gasteiger partial charge < -0.3 is 48.7 Å². The van der Waals surface area contributed by atoms with Gasteiger partial charge in [0.2, 0.25) is 11.9 Å². The predicted molar refractivity (Wildman–Crippen MR) is 357 cm³/mol. The molecule has 17 nitrogen and oxygen atoms in total. The Kier molecular flexibility index (Phi) is 20.5. The lowest BCUT2D eigenvalue weighted by atomic mass is 9.87. The number of methoxy groups -OCH3 is 1. The summed E-state index contributed by atoms with van der Waals surface area (Å²) in [5, 5.41) is 25.5. The molecule has 474 valence electrons. The van der Waals surface area contributed by atoms with Crippen LogP contribution in [0.1, 0.15) is 156 Å². The SMILES string of the molecule is C.C1CCNCC1.COC(=O)[C@@H](OC(C)(C)C)c1c(C)c2c3c(cc(C)n3CCN2c2ncc(CO)cn2)c1-c1ccc(C)cc1.Cc1ccc(-c2c([C@H](OC(C)(C)C)C(=O)O)c(C)c3c4c2cc(C)n4CCN3c2ncc(CN3CCCCC3)cn2)cc1. The van der Waals surface area contributed by atoms with Crippen molar-refractivity contribution in [2.75, 3.05) is 56.2 Å². The molecular formula is C72H94N10O7. The van der Waals surface area contributed by atoms with Crippen LogP contribution in [0.4, 0.5) is 23.3 Å². The number of esters is 1. The summed E-state index contributed by atoms with van der Waals surface area (Å²) < 4.78 is 22.8. The highest BCUT2D eigenvalue weighted by molar-refractivity contribution is 6.10. The lowest BCUT2D eigenvalue weighted by Gasteiger charge is -2.35. The smallest absolute Gasteiger partial charge is 0.339 e. The van der Waals surface area contributed by atoms with Crippen LogP contribution in [0.2, 0.25) is 0 Å². The van der Waals surface area contributed by atoms with Crippen molar-refractivity contribution in [1.82, 2.24) is 39.3 Å². The summed E-state index contributed by atoms with van der Waals surface area (Å²) in [6.45, 7) is 32.3. The van der Waals surface area contributed by atoms with Crippen LogP contribution in [-0.4, -0.2) is 114 Å². The number of rotatable bonds is 13. The van der Waals surface area contributed by atoms with Crippen molar-refractivity contribution in [3.8, 4) is 22.3 Å². The second kappa shape index (κ2) is 27.7. The number of aliphatic hydroxyl groups is 1. The fraction of sp³-hybridized carbons (Fsp3) is 0.472. The van der Waals surface area contributed by atoms with Crippen molar-refractivity contribution in [1.29, 1.82) is 0 Å². The predicted octanol–water partition coefficient (Wildman–Crippen LogP) is 14.2. The van der Waals surface area contributed by atoms with Gasteiger partial charge in [0.05, 0.1) is 47.3 Å². The van der Waals surface area contributed by atoms with Gasteiger partial charge in [-0.25, -0.2) is 29.5 Å². The van der Waals surface area contributed by atoms with Gasteiger partial charge >= 0.3 is 11.9 Å². The Labute approximate surface area is 526 Å². The Morgan fingerprint density at radius 3 is 1.37 bits per heavy atom. The molecule has 2 fully saturated rings. The second-order valence-electron chi connectivity index (χ2n) is 26.1. The van der Waals surface area contributed by atoms with E-state index < -0.39 is 35.3 Å². The van der Waals surface area contributed by atoms with E-state index in [0.29, 0.717) is 36.1 Å². The Balaban J connectivity index is 0.000000192. The van der Waals surface area contributed by atoms with Gasteiger partial charge in [0.1, 0.15) is 0 Å². The molecule has 0 amide bonds. The Hall–Kier alpha value is -7.54. The highest BCUT2D eigenvalue weighted by atomic mass is 16.6. The van der Waals surface area contributed by atoms with Crippen LogP contribution in [-0.2, 0) is 50.0 Å². The lowest BCUT2D eigenvalue weighted by molar-refractivity contribution is -0.164. The van der Waals surface area contributed by atoms with Crippen LogP contribution in [0, 0.1) is 41.5 Å². The van der Waals surface area contributed by atoms with E-state index in [1.54, 1.807) is 12.4 Å². The molecule has 0 bridgehead atoms. The van der Waals surface area contributed by atoms with E-state index in [0.717, 1.165) is 133 Å². The third-order valence-electron chi connectivity index (χ3n) is 17.2. The number of carbonyl (C=O) groups is 2. The van der Waals surface area contributed by atoms with Gasteiger partial charge in [-0.2, -0.15) is 0 Å². The molecule has 0 aliphatic carbocycles. The van der Waals surface area contributed by atoms with Crippen LogP contribution >= 0.6 is 0 Å². The number of carboxylic acids is 1. The quantitative estimate of drug-likeness (QED) is 0.0925. The van der Waals surface area contributed by atoms with Crippen LogP contribution in [0.25, 0.3) is 44.1 Å². The summed E-state index contributed by atoms with van der Waals surface area (Å²) in [4.78, 5) is 52.0. The minimum Gasteiger partial charge on any atom is -0.479 e. The zero-order chi connectivity index (χ0) is 62.8. The van der Waals surface area contributed by atoms with Crippen molar-refractivity contribution < 1.29 is 34.0 Å². The minimum absolute atomic E-state index is 0. The number of aryl methyl sites for hydroxylation is 4. The lowest BCUT2D eigenvalue weighted by Crippen LogP contribution is -2.32. The molecule has 12 rings (SSSR count). The molecule has 4 aliphatic heterocycles. The molecule has 2 atom stereocenters. The maximum absolute atomic E-state index is 13.4. The number of ether oxygens (including phenoxy) is 3. The molecule has 4 aromatic carbocycles. The normalized spacial score (nSPS) is 15.8. The van der Waals surface area contributed by atoms with Gasteiger partial charge in [0.25, 0.3) is 0 Å². The van der Waals surface area contributed by atoms with Crippen LogP contribution < -0.4 is 15.1 Å². The van der Waals surface area contributed by atoms with Gasteiger partial charge in [-0.15, -0.1) is 0 Å². The van der Waals surface area contributed by atoms with Crippen LogP contribution in [0.15, 0.2) is 85.5 Å². The number of carboxylic acid groups (broad SMARTS) is 1. The van der Waals surface area contributed by atoms with Gasteiger partial charge in [-0.3, -0.25) is 4.90 Å². The number of benzene rings is 4. The zero-order valence-electron chi connectivity index (χ0n) is 54.0. The van der Waals surface area contributed by atoms with E-state index in [1.807, 2.05) is 67.8 Å². The first-order chi connectivity index (χ1) is 42.0. The summed E-state index contributed by atoms with van der Waals surface area (Å²) in [5.41, 5.74) is 16.2. The number of anilines is 4. The monoisotopic (exact) mass is 1210 g/mol. The Bertz CT molecular complexity index is 3760. The summed E-state index contributed by atoms with van der Waals surface area (Å²) >= 11 is 0. The number of nitrogens with zero attached hydrogens (tertiary/aromatic N) is 9. The highest BCUT2D eigenvalue weighted by Gasteiger charge is 2.39. The van der Waals surface area contributed by atoms with Gasteiger partial charge in [-0.05, 0) is 180 Å². The summed E-state index contributed by atoms with van der Waals surface area (Å²) in [7, 11) is 1.40. The van der Waals surface area contributed by atoms with Crippen molar-refractivity contribution in [3.63, 3.8) is 0 Å². The van der Waals surface area contributed by atoms with E-state index in [2.05, 4.69) is 127 Å². The maximum atomic E-state index is 13.4. The average molecular weight is 1210 g/mol. The fourth-order valence-electron chi connectivity index (χ4n) is 13.1. The standard InChI is InChI=1S/C35H43N5O3.C31H36N4O4.C5H11N.CH4/c1-22-10-12-26(13-11-22)29-27-18-23(2)39-16-17-40(34-36-19-25(20-37-34)21-38-14-8-7-9-15-38)30(31(27)39)24(3)28(29)32(33(41)42)43-35(4,5)6;1-18-8-10-22(11-9-18)25-23-14-19(2)34-12-13-35(30-32-15-21(17-36)16-33-30)26(27(23)34)20(3)24(25)28(29(37)38-7)39-31(4,5)6;1-2-4-6-5-3-1;/h10-13,18-20,32H,7-9,14-17,21H2,1-6H3,(H,41,42);8-11,14-16,28,36H,12-13,17H2,1-7H3;6H,1-5H2;1H4/t32-;28-;;/m00../s1. The molecule has 8 aromatic rings. The number of aliphatic hydroxyl groups excluding tert-OH is 1. The summed E-state index contributed by atoms with van der Waals surface area (Å²) in [6, 6.07) is 21.1. The number of aromatic nitrogens is 6. The molecule has 4 aliphatic rings. The van der Waals surface area contributed by atoms with Crippen LogP contribution in [0.5, 0.6) is 0 Å². The number of hydrogen-bond acceptors (Lipinski definition) is 14. The molecule has 8 heterocycles. The van der Waals surface area contributed by atoms with Gasteiger partial charge in [0, 0.05) is 102 Å². The molecule has 0 unspecified atom stereocenters. The Morgan fingerprint density at radius 1 is 0.573 bits per heavy atom. The van der Waals surface area contributed by atoms with E-state index in [9.17, 15) is 19.8 Å². The number of carbonyl (C=O) groups excluding carboxylic acids is 1. The molecule has 89 heavy (non-hydrogen) atoms. The van der Waals surface area contributed by atoms with Gasteiger partial charge in [-0.1, -0.05) is 79.9 Å². The van der Waals surface area contributed by atoms with Crippen LogP contribution in [0.3, 0.4) is 0 Å². The number of nitrogens with one attached hydrogen (secondary N) is 1. The average Bonchev–Trinajstić information content (AvgIpc) is 1.68. The van der Waals surface area contributed by atoms with Crippen molar-refractivity contribution in [3.05, 3.63) is 141 Å². The number of hydrogen-bond donors (Lipinski definition) is 3. The third-order valence-corrected chi connectivity index (χ3v) is 17.2.